The van der Waals surface area contributed by atoms with Crippen LogP contribution < -0.4 is 0 Å². The molecule has 0 rings (SSSR count). The second kappa shape index (κ2) is 54.2. The lowest BCUT2D eigenvalue weighted by Gasteiger charge is -2.18. The molecular weight excluding hydrogens is 817 g/mol. The Hall–Kier alpha value is -3.41. The molecule has 0 amide bonds. The summed E-state index contributed by atoms with van der Waals surface area (Å²) in [6.45, 7) is 6.50. The van der Waals surface area contributed by atoms with Gasteiger partial charge < -0.3 is 14.2 Å². The highest BCUT2D eigenvalue weighted by Crippen LogP contribution is 2.14. The zero-order valence-electron chi connectivity index (χ0n) is 43.2. The lowest BCUT2D eigenvalue weighted by Crippen LogP contribution is -2.30. The van der Waals surface area contributed by atoms with Crippen LogP contribution in [-0.2, 0) is 28.6 Å². The molecule has 0 fully saturated rings. The predicted octanol–water partition coefficient (Wildman–Crippen LogP) is 18.4. The Bertz CT molecular complexity index is 1290. The molecule has 6 heteroatoms. The Balaban J connectivity index is 4.44. The van der Waals surface area contributed by atoms with Crippen LogP contribution in [0, 0.1) is 0 Å². The van der Waals surface area contributed by atoms with Crippen LogP contribution >= 0.6 is 0 Å². The Morgan fingerprint density at radius 3 is 0.939 bits per heavy atom. The van der Waals surface area contributed by atoms with Gasteiger partial charge in [0.05, 0.1) is 0 Å². The van der Waals surface area contributed by atoms with Crippen LogP contribution in [0.1, 0.15) is 258 Å². The maximum atomic E-state index is 12.8. The first-order valence-corrected chi connectivity index (χ1v) is 27.6. The van der Waals surface area contributed by atoms with E-state index in [1.807, 2.05) is 0 Å². The van der Waals surface area contributed by atoms with Crippen molar-refractivity contribution in [2.75, 3.05) is 13.2 Å². The van der Waals surface area contributed by atoms with Gasteiger partial charge in [0.1, 0.15) is 13.2 Å². The zero-order chi connectivity index (χ0) is 47.9. The summed E-state index contributed by atoms with van der Waals surface area (Å²) in [5, 5.41) is 0. The average molecular weight is 919 g/mol. The molecule has 6 nitrogen and oxygen atoms in total. The van der Waals surface area contributed by atoms with E-state index in [2.05, 4.69) is 106 Å². The van der Waals surface area contributed by atoms with Gasteiger partial charge in [-0.1, -0.05) is 209 Å². The standard InChI is InChI=1S/C60H102O6/c1-4-7-10-13-16-19-22-25-27-29-30-31-33-35-38-41-44-47-50-53-59(62)65-56-57(55-64-58(61)52-49-46-43-40-37-34-24-21-18-15-12-9-6-3)66-60(63)54-51-48-45-42-39-36-32-28-26-23-20-17-14-11-8-5-2/h12,15-16,19-21,23-25,27-28,30-32,57H,4-11,13-14,17-18,22,26,29,33-56H2,1-3H3/b15-12-,19-16-,23-20-,24-21-,27-25-,31-30-,32-28-. The summed E-state index contributed by atoms with van der Waals surface area (Å²) in [5.41, 5.74) is 0. The number of carbonyl (C=O) groups is 3. The van der Waals surface area contributed by atoms with Gasteiger partial charge in [-0.3, -0.25) is 14.4 Å². The van der Waals surface area contributed by atoms with E-state index in [0.29, 0.717) is 19.3 Å². The lowest BCUT2D eigenvalue weighted by molar-refractivity contribution is -0.167. The number of unbranched alkanes of at least 4 members (excludes halogenated alkanes) is 24. The number of allylic oxidation sites excluding steroid dienone is 14. The maximum absolute atomic E-state index is 12.8. The minimum absolute atomic E-state index is 0.0942. The van der Waals surface area contributed by atoms with Crippen molar-refractivity contribution in [2.45, 2.75) is 264 Å². The first-order valence-electron chi connectivity index (χ1n) is 27.6. The summed E-state index contributed by atoms with van der Waals surface area (Å²) in [6, 6.07) is 0. The summed E-state index contributed by atoms with van der Waals surface area (Å²) in [6.07, 6.45) is 69.9. The van der Waals surface area contributed by atoms with Gasteiger partial charge in [0.2, 0.25) is 0 Å². The van der Waals surface area contributed by atoms with Gasteiger partial charge in [-0.2, -0.15) is 0 Å². The SMILES string of the molecule is CCC/C=C\C/C=C\CCCCCCCC(=O)OCC(COC(=O)CCCCCCCC/C=C\C/C=C\C/C=C\CCCCC)OC(=O)CCCCCCC/C=C\C/C=C\CCCCCC. The molecule has 66 heavy (non-hydrogen) atoms. The highest BCUT2D eigenvalue weighted by molar-refractivity contribution is 5.71. The molecule has 0 aromatic carbocycles. The van der Waals surface area contributed by atoms with E-state index in [9.17, 15) is 14.4 Å². The topological polar surface area (TPSA) is 78.9 Å². The van der Waals surface area contributed by atoms with E-state index in [4.69, 9.17) is 14.2 Å². The third kappa shape index (κ3) is 51.6. The highest BCUT2D eigenvalue weighted by Gasteiger charge is 2.19. The van der Waals surface area contributed by atoms with Crippen molar-refractivity contribution in [3.8, 4) is 0 Å². The van der Waals surface area contributed by atoms with Crippen molar-refractivity contribution >= 4 is 17.9 Å². The molecule has 1 atom stereocenters. The van der Waals surface area contributed by atoms with Crippen LogP contribution in [0.3, 0.4) is 0 Å². The quantitative estimate of drug-likeness (QED) is 0.0262. The second-order valence-electron chi connectivity index (χ2n) is 18.1. The van der Waals surface area contributed by atoms with E-state index < -0.39 is 6.10 Å². The summed E-state index contributed by atoms with van der Waals surface area (Å²) in [7, 11) is 0. The molecule has 0 saturated carbocycles. The average Bonchev–Trinajstić information content (AvgIpc) is 3.31. The highest BCUT2D eigenvalue weighted by atomic mass is 16.6. The van der Waals surface area contributed by atoms with E-state index in [1.165, 1.54) is 83.5 Å². The normalized spacial score (nSPS) is 12.7. The van der Waals surface area contributed by atoms with Gasteiger partial charge in [0.15, 0.2) is 6.10 Å². The number of hydrogen-bond donors (Lipinski definition) is 0. The molecule has 1 unspecified atom stereocenters. The van der Waals surface area contributed by atoms with Gasteiger partial charge in [0.25, 0.3) is 0 Å². The first kappa shape index (κ1) is 62.6. The van der Waals surface area contributed by atoms with Crippen LogP contribution in [0.25, 0.3) is 0 Å². The van der Waals surface area contributed by atoms with Crippen molar-refractivity contribution < 1.29 is 28.6 Å². The van der Waals surface area contributed by atoms with E-state index in [0.717, 1.165) is 135 Å². The van der Waals surface area contributed by atoms with Gasteiger partial charge in [-0.15, -0.1) is 0 Å². The Morgan fingerprint density at radius 2 is 0.576 bits per heavy atom. The Labute approximate surface area is 407 Å². The van der Waals surface area contributed by atoms with E-state index >= 15 is 0 Å². The van der Waals surface area contributed by atoms with E-state index in [-0.39, 0.29) is 31.1 Å². The number of hydrogen-bond acceptors (Lipinski definition) is 6. The fourth-order valence-corrected chi connectivity index (χ4v) is 7.40. The van der Waals surface area contributed by atoms with Crippen molar-refractivity contribution in [3.63, 3.8) is 0 Å². The lowest BCUT2D eigenvalue weighted by atomic mass is 10.1. The predicted molar refractivity (Wildman–Crippen MR) is 284 cm³/mol. The molecule has 0 aliphatic heterocycles. The molecule has 0 heterocycles. The van der Waals surface area contributed by atoms with Crippen LogP contribution in [-0.4, -0.2) is 37.2 Å². The van der Waals surface area contributed by atoms with Crippen molar-refractivity contribution in [3.05, 3.63) is 85.1 Å². The third-order valence-corrected chi connectivity index (χ3v) is 11.6. The molecule has 0 aliphatic carbocycles. The number of esters is 3. The molecular formula is C60H102O6. The first-order chi connectivity index (χ1) is 32.5. The van der Waals surface area contributed by atoms with Crippen molar-refractivity contribution in [1.82, 2.24) is 0 Å². The molecule has 0 saturated heterocycles. The maximum Gasteiger partial charge on any atom is 0.306 e. The fraction of sp³-hybridized carbons (Fsp3) is 0.717. The third-order valence-electron chi connectivity index (χ3n) is 11.6. The second-order valence-corrected chi connectivity index (χ2v) is 18.1. The molecule has 0 spiro atoms. The van der Waals surface area contributed by atoms with Gasteiger partial charge in [-0.25, -0.2) is 0 Å². The molecule has 378 valence electrons. The van der Waals surface area contributed by atoms with Crippen molar-refractivity contribution in [2.24, 2.45) is 0 Å². The van der Waals surface area contributed by atoms with Crippen LogP contribution in [0.15, 0.2) is 85.1 Å². The van der Waals surface area contributed by atoms with Gasteiger partial charge >= 0.3 is 17.9 Å². The molecule has 0 N–H and O–H groups in total. The summed E-state index contributed by atoms with van der Waals surface area (Å²) in [5.74, 6) is -0.932. The van der Waals surface area contributed by atoms with Crippen molar-refractivity contribution in [1.29, 1.82) is 0 Å². The van der Waals surface area contributed by atoms with Crippen LogP contribution in [0.2, 0.25) is 0 Å². The molecule has 0 radical (unpaired) electrons. The minimum atomic E-state index is -0.796. The zero-order valence-corrected chi connectivity index (χ0v) is 43.2. The summed E-state index contributed by atoms with van der Waals surface area (Å²) < 4.78 is 16.8. The Morgan fingerprint density at radius 1 is 0.303 bits per heavy atom. The van der Waals surface area contributed by atoms with E-state index in [1.54, 1.807) is 0 Å². The Kier molecular flexibility index (Phi) is 51.4. The number of rotatable bonds is 49. The summed E-state index contributed by atoms with van der Waals surface area (Å²) in [4.78, 5) is 38.1. The monoisotopic (exact) mass is 919 g/mol. The minimum Gasteiger partial charge on any atom is -0.462 e. The van der Waals surface area contributed by atoms with Gasteiger partial charge in [-0.05, 0) is 116 Å². The smallest absolute Gasteiger partial charge is 0.306 e. The summed E-state index contributed by atoms with van der Waals surface area (Å²) >= 11 is 0. The number of carbonyl (C=O) groups excluding carboxylic acids is 3. The van der Waals surface area contributed by atoms with Crippen LogP contribution in [0.4, 0.5) is 0 Å². The van der Waals surface area contributed by atoms with Crippen LogP contribution in [0.5, 0.6) is 0 Å². The molecule has 0 bridgehead atoms. The van der Waals surface area contributed by atoms with Gasteiger partial charge in [0, 0.05) is 19.3 Å². The largest absolute Gasteiger partial charge is 0.462 e. The molecule has 0 aromatic rings. The molecule has 0 aromatic heterocycles. The fourth-order valence-electron chi connectivity index (χ4n) is 7.40. The number of ether oxygens (including phenoxy) is 3. The molecule has 0 aliphatic rings.